The number of nitrogens with one attached hydrogen (secondary N) is 2. The van der Waals surface area contributed by atoms with Crippen molar-refractivity contribution in [2.75, 3.05) is 26.7 Å². The Morgan fingerprint density at radius 3 is 2.61 bits per heavy atom. The van der Waals surface area contributed by atoms with Gasteiger partial charge < -0.3 is 28.8 Å². The zero-order valence-corrected chi connectivity index (χ0v) is 22.9. The van der Waals surface area contributed by atoms with E-state index in [-0.39, 0.29) is 37.8 Å². The zero-order chi connectivity index (χ0) is 26.8. The van der Waals surface area contributed by atoms with E-state index in [2.05, 4.69) is 47.5 Å². The maximum atomic E-state index is 12.9. The molecule has 13 heteroatoms. The number of hydrogen-bond acceptors (Lipinski definition) is 7. The lowest BCUT2D eigenvalue weighted by molar-refractivity contribution is -0.129. The van der Waals surface area contributed by atoms with Crippen molar-refractivity contribution in [3.8, 4) is 0 Å². The van der Waals surface area contributed by atoms with Gasteiger partial charge in [-0.25, -0.2) is 20.8 Å². The Balaban J connectivity index is 2.08. The fraction of sp³-hybridized carbons (Fsp3) is 0.739. The highest BCUT2D eigenvalue weighted by Crippen LogP contribution is 2.56. The molecule has 0 saturated carbocycles. The second-order valence-corrected chi connectivity index (χ2v) is 11.0. The van der Waals surface area contributed by atoms with Gasteiger partial charge in [-0.2, -0.15) is 0 Å². The molecule has 5 atom stereocenters. The smallest absolute Gasteiger partial charge is 0.330 e. The molecule has 2 saturated heterocycles. The molecule has 1 aromatic rings. The zero-order valence-electron chi connectivity index (χ0n) is 22.0. The Kier molecular flexibility index (Phi) is 8.96. The Morgan fingerprint density at radius 2 is 2.06 bits per heavy atom. The van der Waals surface area contributed by atoms with E-state index in [0.29, 0.717) is 12.0 Å². The van der Waals surface area contributed by atoms with Crippen LogP contribution in [0.1, 0.15) is 52.8 Å². The third-order valence-corrected chi connectivity index (χ3v) is 8.73. The minimum Gasteiger partial charge on any atom is -0.344 e. The maximum Gasteiger partial charge on any atom is 0.330 e. The van der Waals surface area contributed by atoms with Gasteiger partial charge in [-0.3, -0.25) is 14.3 Å². The van der Waals surface area contributed by atoms with Crippen LogP contribution in [0.3, 0.4) is 0 Å². The standard InChI is InChI=1S/C23H37N6O6P/c1-9-23-13-28(21(31)25-8)17(20(34-23)27-12-16(6)19(30)26-22(27)32)18(23)35-36(33-11-10-24-7)29(14(2)3)15(4)5/h12,14-15,17-18,20H,9-11,13H2,1-6,8H3,(H,25,31)(H,26,30,32)/t17-,18+,20-,23+,36?/m1/s1. The summed E-state index contributed by atoms with van der Waals surface area (Å²) in [6.07, 6.45) is 0.501. The molecule has 0 aliphatic carbocycles. The Hall–Kier alpha value is -2.29. The highest BCUT2D eigenvalue weighted by atomic mass is 31.2. The second kappa shape index (κ2) is 11.4. The fourth-order valence-corrected chi connectivity index (χ4v) is 6.77. The molecule has 200 valence electrons. The van der Waals surface area contributed by atoms with Gasteiger partial charge in [0.1, 0.15) is 24.4 Å². The number of rotatable bonds is 10. The Labute approximate surface area is 212 Å². The van der Waals surface area contributed by atoms with E-state index >= 15 is 0 Å². The topological polar surface area (TPSA) is 122 Å². The number of morpholine rings is 1. The largest absolute Gasteiger partial charge is 0.344 e. The number of hydrogen-bond donors (Lipinski definition) is 2. The molecule has 2 aliphatic rings. The summed E-state index contributed by atoms with van der Waals surface area (Å²) in [7, 11) is -0.0694. The van der Waals surface area contributed by atoms with Crippen LogP contribution in [-0.4, -0.2) is 81.7 Å². The first-order chi connectivity index (χ1) is 17.0. The first-order valence-electron chi connectivity index (χ1n) is 12.2. The summed E-state index contributed by atoms with van der Waals surface area (Å²) in [5.41, 5.74) is -1.63. The van der Waals surface area contributed by atoms with Gasteiger partial charge in [0.05, 0.1) is 6.54 Å². The summed E-state index contributed by atoms with van der Waals surface area (Å²) in [5.74, 6) is 0. The molecule has 2 N–H and O–H groups in total. The van der Waals surface area contributed by atoms with Crippen LogP contribution in [0, 0.1) is 13.5 Å². The van der Waals surface area contributed by atoms with Crippen LogP contribution in [0.4, 0.5) is 4.79 Å². The molecule has 3 heterocycles. The van der Waals surface area contributed by atoms with Crippen molar-refractivity contribution in [1.82, 2.24) is 24.4 Å². The number of urea groups is 1. The van der Waals surface area contributed by atoms with Gasteiger partial charge in [0.15, 0.2) is 6.23 Å². The van der Waals surface area contributed by atoms with Crippen LogP contribution in [0.25, 0.3) is 4.85 Å². The number of carbonyl (C=O) groups is 1. The molecular formula is C23H37N6O6P. The lowest BCUT2D eigenvalue weighted by Gasteiger charge is -2.38. The van der Waals surface area contributed by atoms with Gasteiger partial charge in [-0.15, -0.1) is 0 Å². The number of aromatic nitrogens is 2. The van der Waals surface area contributed by atoms with E-state index in [1.165, 1.54) is 10.8 Å². The third kappa shape index (κ3) is 5.22. The molecule has 0 spiro atoms. The number of carbonyl (C=O) groups excluding carboxylic acids is 1. The number of amides is 2. The van der Waals surface area contributed by atoms with Gasteiger partial charge in [0.25, 0.3) is 14.1 Å². The average molecular weight is 525 g/mol. The summed E-state index contributed by atoms with van der Waals surface area (Å²) < 4.78 is 22.8. The molecule has 1 aromatic heterocycles. The number of aromatic amines is 1. The highest BCUT2D eigenvalue weighted by molar-refractivity contribution is 7.44. The Bertz CT molecular complexity index is 1090. The van der Waals surface area contributed by atoms with E-state index in [0.717, 1.165) is 0 Å². The van der Waals surface area contributed by atoms with Crippen molar-refractivity contribution in [1.29, 1.82) is 0 Å². The molecule has 2 amide bonds. The molecule has 2 fully saturated rings. The highest BCUT2D eigenvalue weighted by Gasteiger charge is 2.66. The number of H-pyrrole nitrogens is 1. The summed E-state index contributed by atoms with van der Waals surface area (Å²) in [4.78, 5) is 45.1. The van der Waals surface area contributed by atoms with E-state index < -0.39 is 43.7 Å². The molecule has 1 unspecified atom stereocenters. The van der Waals surface area contributed by atoms with Crippen LogP contribution in [0.15, 0.2) is 15.8 Å². The lowest BCUT2D eigenvalue weighted by atomic mass is 9.96. The van der Waals surface area contributed by atoms with Crippen molar-refractivity contribution in [3.05, 3.63) is 44.0 Å². The summed E-state index contributed by atoms with van der Waals surface area (Å²) in [6, 6.07) is -0.772. The molecule has 2 aliphatic heterocycles. The van der Waals surface area contributed by atoms with Crippen molar-refractivity contribution >= 4 is 14.6 Å². The fourth-order valence-electron chi connectivity index (χ4n) is 4.97. The maximum absolute atomic E-state index is 12.9. The van der Waals surface area contributed by atoms with Gasteiger partial charge in [-0.1, -0.05) is 6.92 Å². The van der Waals surface area contributed by atoms with Crippen LogP contribution >= 0.6 is 8.53 Å². The number of nitrogens with zero attached hydrogens (tertiary/aromatic N) is 4. The minimum atomic E-state index is -1.62. The van der Waals surface area contributed by atoms with Gasteiger partial charge in [-0.05, 0) is 41.0 Å². The predicted molar refractivity (Wildman–Crippen MR) is 135 cm³/mol. The van der Waals surface area contributed by atoms with E-state index in [1.807, 2.05) is 6.92 Å². The van der Waals surface area contributed by atoms with E-state index in [9.17, 15) is 14.4 Å². The normalized spacial score (nSPS) is 26.1. The van der Waals surface area contributed by atoms with Crippen molar-refractivity contribution in [3.63, 3.8) is 0 Å². The Morgan fingerprint density at radius 1 is 1.39 bits per heavy atom. The SMILES string of the molecule is [C-]#[N+]CCOP(O[C@H]1[C@@H]2[C@H](n3cc(C)c(=O)[nH]c3=O)O[C@@]1(CC)CN2C(=O)NC)N(C(C)C)C(C)C. The molecule has 0 radical (unpaired) electrons. The van der Waals surface area contributed by atoms with Gasteiger partial charge >= 0.3 is 11.7 Å². The number of ether oxygens (including phenoxy) is 1. The second-order valence-electron chi connectivity index (χ2n) is 9.63. The molecule has 3 rings (SSSR count). The summed E-state index contributed by atoms with van der Waals surface area (Å²) in [6.45, 7) is 19.6. The minimum absolute atomic E-state index is 0.0944. The molecule has 36 heavy (non-hydrogen) atoms. The lowest BCUT2D eigenvalue weighted by Crippen LogP contribution is -2.52. The number of aryl methyl sites for hydroxylation is 1. The van der Waals surface area contributed by atoms with Crippen LogP contribution in [0.5, 0.6) is 0 Å². The van der Waals surface area contributed by atoms with Crippen LogP contribution < -0.4 is 16.6 Å². The quantitative estimate of drug-likeness (QED) is 0.273. The van der Waals surface area contributed by atoms with Gasteiger partial charge in [0, 0.05) is 30.9 Å². The molecular weight excluding hydrogens is 487 g/mol. The number of likely N-dealkylation sites (tertiary alicyclic amines) is 1. The first-order valence-corrected chi connectivity index (χ1v) is 13.3. The van der Waals surface area contributed by atoms with Crippen LogP contribution in [-0.2, 0) is 13.8 Å². The monoisotopic (exact) mass is 524 g/mol. The van der Waals surface area contributed by atoms with Crippen molar-refractivity contribution < 1.29 is 18.6 Å². The third-order valence-electron chi connectivity index (χ3n) is 6.62. The summed E-state index contributed by atoms with van der Waals surface area (Å²) in [5, 5.41) is 2.68. The van der Waals surface area contributed by atoms with Crippen molar-refractivity contribution in [2.45, 2.75) is 84.0 Å². The molecule has 0 aromatic carbocycles. The molecule has 2 bridgehead atoms. The molecule has 12 nitrogen and oxygen atoms in total. The summed E-state index contributed by atoms with van der Waals surface area (Å²) >= 11 is 0. The van der Waals surface area contributed by atoms with Gasteiger partial charge in [0.2, 0.25) is 6.54 Å². The first kappa shape index (κ1) is 28.3. The van der Waals surface area contributed by atoms with E-state index in [1.54, 1.807) is 18.9 Å². The average Bonchev–Trinajstić information content (AvgIpc) is 3.30. The van der Waals surface area contributed by atoms with E-state index in [4.69, 9.17) is 20.4 Å². The van der Waals surface area contributed by atoms with Crippen LogP contribution in [0.2, 0.25) is 0 Å². The number of fused-ring (bicyclic) bond motifs is 2. The predicted octanol–water partition coefficient (Wildman–Crippen LogP) is 2.21. The van der Waals surface area contributed by atoms with Crippen molar-refractivity contribution in [2.24, 2.45) is 0 Å².